The topological polar surface area (TPSA) is 76.6 Å². The summed E-state index contributed by atoms with van der Waals surface area (Å²) < 4.78 is 45.5. The standard InChI is InChI=1S/C22H25FN2O4S/c23-19-8-4-3-7-18(19)20-11-12-25(13-14-30(20,27)28)22(26)16-9-10-21(24-15-16)29-17-5-1-2-6-17/h3-4,7-10,15,17,20H,1-2,5-6,11-14H2/t20-/m1/s1. The van der Waals surface area contributed by atoms with Gasteiger partial charge >= 0.3 is 0 Å². The molecule has 4 rings (SSSR count). The van der Waals surface area contributed by atoms with Crippen molar-refractivity contribution in [2.24, 2.45) is 0 Å². The molecule has 1 saturated carbocycles. The van der Waals surface area contributed by atoms with Crippen LogP contribution in [-0.4, -0.2) is 49.2 Å². The normalized spacial score (nSPS) is 21.9. The van der Waals surface area contributed by atoms with Crippen LogP contribution in [0.2, 0.25) is 0 Å². The summed E-state index contributed by atoms with van der Waals surface area (Å²) in [5.41, 5.74) is 0.553. The molecule has 0 N–H and O–H groups in total. The molecule has 1 aromatic heterocycles. The van der Waals surface area contributed by atoms with E-state index in [0.717, 1.165) is 25.7 Å². The number of amides is 1. The number of nitrogens with zero attached hydrogens (tertiary/aromatic N) is 2. The Bertz CT molecular complexity index is 1000. The van der Waals surface area contributed by atoms with Crippen LogP contribution in [0.1, 0.15) is 53.3 Å². The van der Waals surface area contributed by atoms with E-state index in [0.29, 0.717) is 11.4 Å². The molecule has 1 amide bonds. The number of sulfone groups is 1. The lowest BCUT2D eigenvalue weighted by atomic mass is 10.1. The van der Waals surface area contributed by atoms with Gasteiger partial charge in [-0.25, -0.2) is 17.8 Å². The molecule has 0 bridgehead atoms. The molecule has 160 valence electrons. The average Bonchev–Trinajstić information content (AvgIpc) is 3.19. The van der Waals surface area contributed by atoms with Gasteiger partial charge in [0, 0.05) is 30.9 Å². The Hall–Kier alpha value is -2.48. The highest BCUT2D eigenvalue weighted by atomic mass is 32.2. The van der Waals surface area contributed by atoms with Crippen molar-refractivity contribution in [3.8, 4) is 5.88 Å². The zero-order chi connectivity index (χ0) is 21.1. The van der Waals surface area contributed by atoms with E-state index in [-0.39, 0.29) is 42.8 Å². The summed E-state index contributed by atoms with van der Waals surface area (Å²) >= 11 is 0. The number of halogens is 1. The van der Waals surface area contributed by atoms with Gasteiger partial charge in [-0.3, -0.25) is 4.79 Å². The van der Waals surface area contributed by atoms with Gasteiger partial charge in [-0.15, -0.1) is 0 Å². The van der Waals surface area contributed by atoms with E-state index < -0.39 is 20.9 Å². The number of carbonyl (C=O) groups is 1. The summed E-state index contributed by atoms with van der Waals surface area (Å²) in [7, 11) is -3.57. The lowest BCUT2D eigenvalue weighted by Gasteiger charge is -2.20. The lowest BCUT2D eigenvalue weighted by Crippen LogP contribution is -2.33. The Labute approximate surface area is 176 Å². The molecule has 30 heavy (non-hydrogen) atoms. The maximum Gasteiger partial charge on any atom is 0.255 e. The van der Waals surface area contributed by atoms with Crippen molar-refractivity contribution in [1.82, 2.24) is 9.88 Å². The molecule has 0 unspecified atom stereocenters. The van der Waals surface area contributed by atoms with Crippen LogP contribution in [-0.2, 0) is 9.84 Å². The summed E-state index contributed by atoms with van der Waals surface area (Å²) in [6.45, 7) is 0.309. The second-order valence-corrected chi connectivity index (χ2v) is 10.2. The molecular weight excluding hydrogens is 407 g/mol. The average molecular weight is 433 g/mol. The van der Waals surface area contributed by atoms with Gasteiger partial charge in [0.2, 0.25) is 5.88 Å². The first-order valence-electron chi connectivity index (χ1n) is 10.3. The summed E-state index contributed by atoms with van der Waals surface area (Å²) in [5, 5.41) is -0.947. The van der Waals surface area contributed by atoms with Crippen LogP contribution >= 0.6 is 0 Å². The number of aromatic nitrogens is 1. The highest BCUT2D eigenvalue weighted by Gasteiger charge is 2.34. The minimum Gasteiger partial charge on any atom is -0.474 e. The fraction of sp³-hybridized carbons (Fsp3) is 0.455. The highest BCUT2D eigenvalue weighted by Crippen LogP contribution is 2.31. The van der Waals surface area contributed by atoms with Crippen molar-refractivity contribution in [2.45, 2.75) is 43.5 Å². The molecule has 0 radical (unpaired) electrons. The van der Waals surface area contributed by atoms with Crippen LogP contribution in [0.15, 0.2) is 42.6 Å². The van der Waals surface area contributed by atoms with Crippen molar-refractivity contribution >= 4 is 15.7 Å². The maximum absolute atomic E-state index is 14.2. The lowest BCUT2D eigenvalue weighted by molar-refractivity contribution is 0.0766. The number of ether oxygens (including phenoxy) is 1. The van der Waals surface area contributed by atoms with E-state index in [1.807, 2.05) is 0 Å². The molecule has 8 heteroatoms. The molecule has 2 aromatic rings. The van der Waals surface area contributed by atoms with E-state index in [1.54, 1.807) is 18.2 Å². The largest absolute Gasteiger partial charge is 0.474 e. The number of hydrogen-bond donors (Lipinski definition) is 0. The van der Waals surface area contributed by atoms with Crippen molar-refractivity contribution in [3.63, 3.8) is 0 Å². The minimum absolute atomic E-state index is 0.0758. The summed E-state index contributed by atoms with van der Waals surface area (Å²) in [4.78, 5) is 18.7. The van der Waals surface area contributed by atoms with Gasteiger partial charge in [0.05, 0.1) is 16.6 Å². The number of hydrogen-bond acceptors (Lipinski definition) is 5. The smallest absolute Gasteiger partial charge is 0.255 e. The zero-order valence-corrected chi connectivity index (χ0v) is 17.5. The Morgan fingerprint density at radius 2 is 1.83 bits per heavy atom. The molecule has 1 saturated heterocycles. The van der Waals surface area contributed by atoms with Gasteiger partial charge in [-0.05, 0) is 44.2 Å². The van der Waals surface area contributed by atoms with Crippen LogP contribution in [0.3, 0.4) is 0 Å². The summed E-state index contributed by atoms with van der Waals surface area (Å²) in [6.07, 6.45) is 6.18. The van der Waals surface area contributed by atoms with Crippen LogP contribution in [0, 0.1) is 5.82 Å². The fourth-order valence-electron chi connectivity index (χ4n) is 4.17. The molecule has 1 aliphatic carbocycles. The van der Waals surface area contributed by atoms with Gasteiger partial charge in [0.1, 0.15) is 11.9 Å². The molecular formula is C22H25FN2O4S. The van der Waals surface area contributed by atoms with Crippen LogP contribution in [0.25, 0.3) is 0 Å². The van der Waals surface area contributed by atoms with Crippen LogP contribution in [0.5, 0.6) is 5.88 Å². The fourth-order valence-corrected chi connectivity index (χ4v) is 5.97. The van der Waals surface area contributed by atoms with Gasteiger partial charge < -0.3 is 9.64 Å². The minimum atomic E-state index is -3.57. The molecule has 2 heterocycles. The van der Waals surface area contributed by atoms with E-state index in [9.17, 15) is 17.6 Å². The summed E-state index contributed by atoms with van der Waals surface area (Å²) in [5.74, 6) is -0.516. The Morgan fingerprint density at radius 3 is 2.53 bits per heavy atom. The molecule has 0 spiro atoms. The third kappa shape index (κ3) is 4.48. The molecule has 1 aliphatic heterocycles. The molecule has 2 aliphatic rings. The van der Waals surface area contributed by atoms with Crippen LogP contribution < -0.4 is 4.74 Å². The number of rotatable bonds is 4. The molecule has 1 aromatic carbocycles. The quantitative estimate of drug-likeness (QED) is 0.739. The second-order valence-electron chi connectivity index (χ2n) is 7.87. The van der Waals surface area contributed by atoms with Crippen LogP contribution in [0.4, 0.5) is 4.39 Å². The third-order valence-corrected chi connectivity index (χ3v) is 7.96. The monoisotopic (exact) mass is 432 g/mol. The Morgan fingerprint density at radius 1 is 1.07 bits per heavy atom. The van der Waals surface area contributed by atoms with E-state index >= 15 is 0 Å². The van der Waals surface area contributed by atoms with Crippen molar-refractivity contribution < 1.29 is 22.3 Å². The van der Waals surface area contributed by atoms with Crippen molar-refractivity contribution in [1.29, 1.82) is 0 Å². The zero-order valence-electron chi connectivity index (χ0n) is 16.7. The highest BCUT2D eigenvalue weighted by molar-refractivity contribution is 7.91. The Kier molecular flexibility index (Phi) is 6.04. The predicted molar refractivity (Wildman–Crippen MR) is 111 cm³/mol. The number of benzene rings is 1. The molecule has 6 nitrogen and oxygen atoms in total. The van der Waals surface area contributed by atoms with Gasteiger partial charge in [0.15, 0.2) is 9.84 Å². The Balaban J connectivity index is 1.45. The molecule has 1 atom stereocenters. The second kappa shape index (κ2) is 8.71. The van der Waals surface area contributed by atoms with Gasteiger partial charge in [0.25, 0.3) is 5.91 Å². The van der Waals surface area contributed by atoms with Crippen molar-refractivity contribution in [2.75, 3.05) is 18.8 Å². The first kappa shape index (κ1) is 20.8. The number of carbonyl (C=O) groups excluding carboxylic acids is 1. The molecule has 2 fully saturated rings. The maximum atomic E-state index is 14.2. The third-order valence-electron chi connectivity index (χ3n) is 5.85. The predicted octanol–water partition coefficient (Wildman–Crippen LogP) is 3.54. The van der Waals surface area contributed by atoms with E-state index in [2.05, 4.69) is 4.98 Å². The SMILES string of the molecule is O=C(c1ccc(OC2CCCC2)nc1)N1CC[C@H](c2ccccc2F)S(=O)(=O)CC1. The first-order chi connectivity index (χ1) is 14.4. The van der Waals surface area contributed by atoms with E-state index in [4.69, 9.17) is 4.74 Å². The number of pyridine rings is 1. The van der Waals surface area contributed by atoms with E-state index in [1.165, 1.54) is 29.3 Å². The van der Waals surface area contributed by atoms with Crippen molar-refractivity contribution in [3.05, 3.63) is 59.5 Å². The van der Waals surface area contributed by atoms with Gasteiger partial charge in [-0.2, -0.15) is 0 Å². The van der Waals surface area contributed by atoms with Gasteiger partial charge in [-0.1, -0.05) is 18.2 Å². The summed E-state index contributed by atoms with van der Waals surface area (Å²) in [6, 6.07) is 9.27. The first-order valence-corrected chi connectivity index (χ1v) is 12.0.